The number of nitrogens with one attached hydrogen (secondary N) is 1. The average Bonchev–Trinajstić information content (AvgIpc) is 2.64. The maximum atomic E-state index is 12.2. The van der Waals surface area contributed by atoms with E-state index >= 15 is 0 Å². The largest absolute Gasteiger partial charge is 0.435 e. The van der Waals surface area contributed by atoms with Crippen molar-refractivity contribution in [2.45, 2.75) is 39.0 Å². The lowest BCUT2D eigenvalue weighted by atomic mass is 10.0. The Morgan fingerprint density at radius 2 is 2.15 bits per heavy atom. The molecule has 0 aromatic heterocycles. The third-order valence-corrected chi connectivity index (χ3v) is 3.57. The summed E-state index contributed by atoms with van der Waals surface area (Å²) in [7, 11) is 0. The van der Waals surface area contributed by atoms with Crippen LogP contribution in [0.4, 0.5) is 8.78 Å². The molecule has 20 heavy (non-hydrogen) atoms. The monoisotopic (exact) mass is 285 g/mol. The summed E-state index contributed by atoms with van der Waals surface area (Å²) in [6.07, 6.45) is 0.835. The molecule has 1 aromatic carbocycles. The van der Waals surface area contributed by atoms with E-state index in [1.807, 2.05) is 6.07 Å². The lowest BCUT2D eigenvalue weighted by Crippen LogP contribution is -2.34. The summed E-state index contributed by atoms with van der Waals surface area (Å²) in [4.78, 5) is 0. The van der Waals surface area contributed by atoms with Crippen LogP contribution >= 0.6 is 0 Å². The highest BCUT2D eigenvalue weighted by atomic mass is 19.3. The summed E-state index contributed by atoms with van der Waals surface area (Å²) in [6, 6.07) is 7.16. The SMILES string of the molecule is CC(C)C1CCOC(c2cccc(OC(F)F)c2)CN1. The van der Waals surface area contributed by atoms with E-state index in [1.165, 1.54) is 6.07 Å². The van der Waals surface area contributed by atoms with Gasteiger partial charge in [-0.25, -0.2) is 0 Å². The molecule has 1 aromatic rings. The molecule has 2 unspecified atom stereocenters. The van der Waals surface area contributed by atoms with Crippen LogP contribution in [0, 0.1) is 5.92 Å². The minimum atomic E-state index is -2.80. The molecule has 1 aliphatic rings. The molecule has 1 heterocycles. The molecule has 1 N–H and O–H groups in total. The summed E-state index contributed by atoms with van der Waals surface area (Å²) in [6.45, 7) is 2.90. The fourth-order valence-electron chi connectivity index (χ4n) is 2.43. The second-order valence-electron chi connectivity index (χ2n) is 5.36. The first-order valence-electron chi connectivity index (χ1n) is 6.96. The Kier molecular flexibility index (Phi) is 5.31. The highest BCUT2D eigenvalue weighted by Crippen LogP contribution is 2.25. The average molecular weight is 285 g/mol. The molecule has 112 valence electrons. The van der Waals surface area contributed by atoms with Gasteiger partial charge in [-0.2, -0.15) is 8.78 Å². The van der Waals surface area contributed by atoms with E-state index in [2.05, 4.69) is 23.9 Å². The van der Waals surface area contributed by atoms with Crippen molar-refractivity contribution in [2.24, 2.45) is 5.92 Å². The van der Waals surface area contributed by atoms with Crippen LogP contribution in [0.15, 0.2) is 24.3 Å². The number of hydrogen-bond donors (Lipinski definition) is 1. The molecule has 2 atom stereocenters. The second-order valence-corrected chi connectivity index (χ2v) is 5.36. The van der Waals surface area contributed by atoms with Crippen LogP contribution in [0.25, 0.3) is 0 Å². The first-order valence-corrected chi connectivity index (χ1v) is 6.96. The molecule has 0 aliphatic carbocycles. The summed E-state index contributed by atoms with van der Waals surface area (Å²) >= 11 is 0. The van der Waals surface area contributed by atoms with Crippen molar-refractivity contribution in [3.8, 4) is 5.75 Å². The van der Waals surface area contributed by atoms with Gasteiger partial charge in [-0.05, 0) is 30.0 Å². The van der Waals surface area contributed by atoms with Gasteiger partial charge in [0.25, 0.3) is 0 Å². The summed E-state index contributed by atoms with van der Waals surface area (Å²) < 4.78 is 34.7. The molecule has 1 aliphatic heterocycles. The van der Waals surface area contributed by atoms with Crippen LogP contribution in [0.1, 0.15) is 31.9 Å². The van der Waals surface area contributed by atoms with E-state index in [0.29, 0.717) is 25.1 Å². The van der Waals surface area contributed by atoms with Crippen molar-refractivity contribution in [1.29, 1.82) is 0 Å². The van der Waals surface area contributed by atoms with Gasteiger partial charge in [0.2, 0.25) is 0 Å². The van der Waals surface area contributed by atoms with Gasteiger partial charge in [-0.1, -0.05) is 26.0 Å². The van der Waals surface area contributed by atoms with Gasteiger partial charge in [0.15, 0.2) is 0 Å². The number of halogens is 2. The van der Waals surface area contributed by atoms with Gasteiger partial charge in [-0.3, -0.25) is 0 Å². The first-order chi connectivity index (χ1) is 9.56. The minimum absolute atomic E-state index is 0.125. The van der Waals surface area contributed by atoms with Crippen LogP contribution in [-0.4, -0.2) is 25.8 Å². The fraction of sp³-hybridized carbons (Fsp3) is 0.600. The maximum Gasteiger partial charge on any atom is 0.387 e. The topological polar surface area (TPSA) is 30.5 Å². The van der Waals surface area contributed by atoms with Gasteiger partial charge in [0.05, 0.1) is 6.10 Å². The second kappa shape index (κ2) is 6.99. The molecule has 5 heteroatoms. The molecule has 2 rings (SSSR count). The fourth-order valence-corrected chi connectivity index (χ4v) is 2.43. The summed E-state index contributed by atoms with van der Waals surface area (Å²) in [5, 5.41) is 3.48. The number of hydrogen-bond acceptors (Lipinski definition) is 3. The van der Waals surface area contributed by atoms with Crippen molar-refractivity contribution in [1.82, 2.24) is 5.32 Å². The molecule has 0 bridgehead atoms. The maximum absolute atomic E-state index is 12.2. The van der Waals surface area contributed by atoms with Crippen LogP contribution in [0.5, 0.6) is 5.75 Å². The van der Waals surface area contributed by atoms with Crippen LogP contribution < -0.4 is 10.1 Å². The lowest BCUT2D eigenvalue weighted by molar-refractivity contribution is -0.0500. The Hall–Kier alpha value is -1.20. The van der Waals surface area contributed by atoms with Crippen molar-refractivity contribution < 1.29 is 18.3 Å². The van der Waals surface area contributed by atoms with E-state index in [4.69, 9.17) is 4.74 Å². The number of benzene rings is 1. The van der Waals surface area contributed by atoms with E-state index in [-0.39, 0.29) is 11.9 Å². The Balaban J connectivity index is 2.04. The van der Waals surface area contributed by atoms with Crippen molar-refractivity contribution >= 4 is 0 Å². The van der Waals surface area contributed by atoms with E-state index in [9.17, 15) is 8.78 Å². The molecule has 1 fully saturated rings. The summed E-state index contributed by atoms with van der Waals surface area (Å²) in [5.74, 6) is 0.719. The van der Waals surface area contributed by atoms with Gasteiger partial charge >= 0.3 is 6.61 Å². The van der Waals surface area contributed by atoms with E-state index in [1.54, 1.807) is 12.1 Å². The highest BCUT2D eigenvalue weighted by Gasteiger charge is 2.22. The van der Waals surface area contributed by atoms with Gasteiger partial charge < -0.3 is 14.8 Å². The van der Waals surface area contributed by atoms with Crippen molar-refractivity contribution in [3.63, 3.8) is 0 Å². The Morgan fingerprint density at radius 1 is 1.35 bits per heavy atom. The quantitative estimate of drug-likeness (QED) is 0.920. The van der Waals surface area contributed by atoms with Crippen molar-refractivity contribution in [3.05, 3.63) is 29.8 Å². The third-order valence-electron chi connectivity index (χ3n) is 3.57. The molecular formula is C15H21F2NO2. The minimum Gasteiger partial charge on any atom is -0.435 e. The standard InChI is InChI=1S/C15H21F2NO2/c1-10(2)13-6-7-19-14(9-18-13)11-4-3-5-12(8-11)20-15(16)17/h3-5,8,10,13-15,18H,6-7,9H2,1-2H3. The molecular weight excluding hydrogens is 264 g/mol. The Morgan fingerprint density at radius 3 is 2.85 bits per heavy atom. The number of rotatable bonds is 4. The number of alkyl halides is 2. The van der Waals surface area contributed by atoms with Crippen LogP contribution in [0.2, 0.25) is 0 Å². The molecule has 0 amide bonds. The molecule has 3 nitrogen and oxygen atoms in total. The zero-order valence-electron chi connectivity index (χ0n) is 11.8. The molecule has 1 saturated heterocycles. The zero-order chi connectivity index (χ0) is 14.5. The predicted molar refractivity (Wildman–Crippen MR) is 73.0 cm³/mol. The third kappa shape index (κ3) is 4.15. The van der Waals surface area contributed by atoms with Gasteiger partial charge in [-0.15, -0.1) is 0 Å². The summed E-state index contributed by atoms with van der Waals surface area (Å²) in [5.41, 5.74) is 0.861. The van der Waals surface area contributed by atoms with Crippen LogP contribution in [-0.2, 0) is 4.74 Å². The Labute approximate surface area is 118 Å². The number of ether oxygens (including phenoxy) is 2. The van der Waals surface area contributed by atoms with E-state index in [0.717, 1.165) is 12.0 Å². The van der Waals surface area contributed by atoms with Gasteiger partial charge in [0, 0.05) is 19.2 Å². The van der Waals surface area contributed by atoms with Gasteiger partial charge in [0.1, 0.15) is 5.75 Å². The highest BCUT2D eigenvalue weighted by molar-refractivity contribution is 5.30. The molecule has 0 spiro atoms. The van der Waals surface area contributed by atoms with Crippen molar-refractivity contribution in [2.75, 3.05) is 13.2 Å². The lowest BCUT2D eigenvalue weighted by Gasteiger charge is -2.20. The van der Waals surface area contributed by atoms with Crippen LogP contribution in [0.3, 0.4) is 0 Å². The molecule has 0 saturated carbocycles. The van der Waals surface area contributed by atoms with E-state index < -0.39 is 6.61 Å². The first kappa shape index (κ1) is 15.2. The normalized spacial score (nSPS) is 23.9. The molecule has 0 radical (unpaired) electrons. The zero-order valence-corrected chi connectivity index (χ0v) is 11.8. The smallest absolute Gasteiger partial charge is 0.387 e. The predicted octanol–water partition coefficient (Wildman–Crippen LogP) is 3.36. The Bertz CT molecular complexity index is 426.